The van der Waals surface area contributed by atoms with Crippen LogP contribution in [0.15, 0.2) is 54.1 Å². The summed E-state index contributed by atoms with van der Waals surface area (Å²) in [6.07, 6.45) is 0. The van der Waals surface area contributed by atoms with Gasteiger partial charge in [-0.15, -0.1) is 0 Å². The first-order chi connectivity index (χ1) is 14.8. The molecular formula is C21H20N2O8. The summed E-state index contributed by atoms with van der Waals surface area (Å²) in [6, 6.07) is 9.86. The van der Waals surface area contributed by atoms with Crippen LogP contribution in [0.4, 0.5) is 5.69 Å². The molecule has 1 amide bonds. The van der Waals surface area contributed by atoms with E-state index >= 15 is 0 Å². The Balaban J connectivity index is 2.06. The van der Waals surface area contributed by atoms with Crippen LogP contribution in [0.2, 0.25) is 0 Å². The molecule has 0 unspecified atom stereocenters. The number of nitro benzene ring substituents is 1. The third kappa shape index (κ3) is 4.55. The van der Waals surface area contributed by atoms with E-state index in [1.165, 1.54) is 41.3 Å². The third-order valence-corrected chi connectivity index (χ3v) is 4.79. The van der Waals surface area contributed by atoms with E-state index in [0.717, 1.165) is 0 Å². The van der Waals surface area contributed by atoms with Gasteiger partial charge in [-0.3, -0.25) is 19.7 Å². The second-order valence-corrected chi connectivity index (χ2v) is 6.73. The number of hydrogen-bond acceptors (Lipinski definition) is 8. The molecule has 0 spiro atoms. The molecule has 1 saturated heterocycles. The van der Waals surface area contributed by atoms with Crippen LogP contribution in [0.5, 0.6) is 5.75 Å². The Morgan fingerprint density at radius 3 is 2.45 bits per heavy atom. The van der Waals surface area contributed by atoms with Gasteiger partial charge < -0.3 is 25.0 Å². The number of aromatic hydroxyl groups is 1. The fraction of sp³-hybridized carbons (Fsp3) is 0.238. The van der Waals surface area contributed by atoms with Gasteiger partial charge >= 0.3 is 0 Å². The summed E-state index contributed by atoms with van der Waals surface area (Å²) < 4.78 is 5.21. The second-order valence-electron chi connectivity index (χ2n) is 6.73. The maximum atomic E-state index is 12.8. The number of ketones is 1. The van der Waals surface area contributed by atoms with Crippen LogP contribution < -0.4 is 0 Å². The minimum atomic E-state index is -1.000. The van der Waals surface area contributed by atoms with Crippen molar-refractivity contribution >= 4 is 23.1 Å². The molecule has 10 nitrogen and oxygen atoms in total. The van der Waals surface area contributed by atoms with Crippen LogP contribution in [0.1, 0.15) is 17.2 Å². The number of aliphatic hydroxyl groups is 2. The quantitative estimate of drug-likeness (QED) is 0.144. The van der Waals surface area contributed by atoms with Crippen LogP contribution in [0.25, 0.3) is 5.76 Å². The number of nitro groups is 1. The minimum absolute atomic E-state index is 0.00192. The smallest absolute Gasteiger partial charge is 0.295 e. The first-order valence-corrected chi connectivity index (χ1v) is 9.36. The van der Waals surface area contributed by atoms with Gasteiger partial charge in [-0.2, -0.15) is 0 Å². The molecule has 0 bridgehead atoms. The molecule has 3 rings (SSSR count). The highest BCUT2D eigenvalue weighted by Crippen LogP contribution is 2.40. The first-order valence-electron chi connectivity index (χ1n) is 9.36. The van der Waals surface area contributed by atoms with Gasteiger partial charge in [0, 0.05) is 24.2 Å². The summed E-state index contributed by atoms with van der Waals surface area (Å²) >= 11 is 0. The minimum Gasteiger partial charge on any atom is -0.508 e. The Kier molecular flexibility index (Phi) is 6.63. The van der Waals surface area contributed by atoms with E-state index in [1.807, 2.05) is 0 Å². The maximum absolute atomic E-state index is 12.8. The molecule has 2 aromatic carbocycles. The van der Waals surface area contributed by atoms with Gasteiger partial charge in [0.15, 0.2) is 0 Å². The zero-order valence-corrected chi connectivity index (χ0v) is 16.3. The number of non-ortho nitro benzene ring substituents is 1. The zero-order valence-electron chi connectivity index (χ0n) is 16.3. The lowest BCUT2D eigenvalue weighted by Crippen LogP contribution is -2.33. The van der Waals surface area contributed by atoms with E-state index < -0.39 is 28.4 Å². The number of phenols is 1. The molecule has 1 aliphatic heterocycles. The molecule has 1 fully saturated rings. The molecule has 0 saturated carbocycles. The average Bonchev–Trinajstić information content (AvgIpc) is 3.01. The predicted octanol–water partition coefficient (Wildman–Crippen LogP) is 1.73. The van der Waals surface area contributed by atoms with Gasteiger partial charge in [-0.1, -0.05) is 12.1 Å². The molecule has 0 aromatic heterocycles. The van der Waals surface area contributed by atoms with E-state index in [-0.39, 0.29) is 48.9 Å². The number of hydrogen-bond donors (Lipinski definition) is 3. The van der Waals surface area contributed by atoms with Crippen molar-refractivity contribution in [3.63, 3.8) is 0 Å². The number of likely N-dealkylation sites (tertiary alicyclic amines) is 1. The molecule has 3 N–H and O–H groups in total. The number of ether oxygens (including phenoxy) is 1. The van der Waals surface area contributed by atoms with E-state index in [9.17, 15) is 29.9 Å². The molecule has 1 aliphatic rings. The van der Waals surface area contributed by atoms with Crippen molar-refractivity contribution in [1.29, 1.82) is 0 Å². The number of carbonyl (C=O) groups is 2. The summed E-state index contributed by atoms with van der Waals surface area (Å²) in [5, 5.41) is 40.4. The van der Waals surface area contributed by atoms with Crippen molar-refractivity contribution < 1.29 is 34.6 Å². The van der Waals surface area contributed by atoms with Crippen LogP contribution >= 0.6 is 0 Å². The highest BCUT2D eigenvalue weighted by molar-refractivity contribution is 6.46. The largest absolute Gasteiger partial charge is 0.508 e. The molecule has 0 aliphatic carbocycles. The van der Waals surface area contributed by atoms with Gasteiger partial charge in [-0.05, 0) is 29.8 Å². The fourth-order valence-corrected chi connectivity index (χ4v) is 3.38. The van der Waals surface area contributed by atoms with Gasteiger partial charge in [0.25, 0.3) is 17.4 Å². The van der Waals surface area contributed by atoms with Gasteiger partial charge in [0.2, 0.25) is 0 Å². The molecule has 1 atom stereocenters. The lowest BCUT2D eigenvalue weighted by molar-refractivity contribution is -0.384. The predicted molar refractivity (Wildman–Crippen MR) is 108 cm³/mol. The number of benzene rings is 2. The van der Waals surface area contributed by atoms with Gasteiger partial charge in [-0.25, -0.2) is 0 Å². The summed E-state index contributed by atoms with van der Waals surface area (Å²) in [4.78, 5) is 37.0. The Bertz CT molecular complexity index is 1030. The summed E-state index contributed by atoms with van der Waals surface area (Å²) in [6.45, 7) is -0.0964. The van der Waals surface area contributed by atoms with E-state index in [1.54, 1.807) is 12.1 Å². The molecular weight excluding hydrogens is 408 g/mol. The third-order valence-electron chi connectivity index (χ3n) is 4.79. The van der Waals surface area contributed by atoms with Gasteiger partial charge in [0.1, 0.15) is 11.5 Å². The van der Waals surface area contributed by atoms with Crippen LogP contribution in [-0.2, 0) is 14.3 Å². The monoisotopic (exact) mass is 428 g/mol. The van der Waals surface area contributed by atoms with Crippen molar-refractivity contribution in [3.05, 3.63) is 75.3 Å². The number of rotatable bonds is 8. The highest BCUT2D eigenvalue weighted by Gasteiger charge is 2.46. The molecule has 31 heavy (non-hydrogen) atoms. The second kappa shape index (κ2) is 9.37. The summed E-state index contributed by atoms with van der Waals surface area (Å²) in [5.74, 6) is -2.36. The Hall–Kier alpha value is -3.76. The Morgan fingerprint density at radius 2 is 1.84 bits per heavy atom. The average molecular weight is 428 g/mol. The van der Waals surface area contributed by atoms with Crippen molar-refractivity contribution in [2.45, 2.75) is 6.04 Å². The number of nitrogens with zero attached hydrogens (tertiary/aromatic N) is 2. The highest BCUT2D eigenvalue weighted by atomic mass is 16.6. The summed E-state index contributed by atoms with van der Waals surface area (Å²) in [5.41, 5.74) is 0.129. The number of carbonyl (C=O) groups excluding carboxylic acids is 2. The normalized spacial score (nSPS) is 17.8. The van der Waals surface area contributed by atoms with E-state index in [2.05, 4.69) is 0 Å². The van der Waals surface area contributed by atoms with E-state index in [4.69, 9.17) is 9.84 Å². The Morgan fingerprint density at radius 1 is 1.13 bits per heavy atom. The number of amides is 1. The lowest BCUT2D eigenvalue weighted by atomic mass is 9.95. The molecule has 0 radical (unpaired) electrons. The van der Waals surface area contributed by atoms with Crippen LogP contribution in [0, 0.1) is 10.1 Å². The van der Waals surface area contributed by atoms with Crippen LogP contribution in [0.3, 0.4) is 0 Å². The fourth-order valence-electron chi connectivity index (χ4n) is 3.38. The summed E-state index contributed by atoms with van der Waals surface area (Å²) in [7, 11) is 0. The topological polar surface area (TPSA) is 150 Å². The molecule has 162 valence electrons. The Labute approximate surface area is 176 Å². The molecule has 1 heterocycles. The van der Waals surface area contributed by atoms with Crippen LogP contribution in [-0.4, -0.2) is 63.2 Å². The SMILES string of the molecule is O=C1C(=O)N(CCOCCO)[C@H](c2cccc(O)c2)/C1=C(\O)c1ccc([N+](=O)[O-])cc1. The standard InChI is InChI=1S/C21H20N2O8/c24-9-11-31-10-8-22-18(14-2-1-3-16(25)12-14)17(20(27)21(22)28)19(26)13-4-6-15(7-5-13)23(29)30/h1-7,12,18,24-26H,8-11H2/b19-17+/t18-/m1/s1. The number of aliphatic hydroxyl groups excluding tert-OH is 2. The zero-order chi connectivity index (χ0) is 22.5. The number of phenolic OH excluding ortho intramolecular Hbond substituents is 1. The van der Waals surface area contributed by atoms with Gasteiger partial charge in [0.05, 0.1) is 36.4 Å². The van der Waals surface area contributed by atoms with Crippen molar-refractivity contribution in [3.8, 4) is 5.75 Å². The first kappa shape index (κ1) is 21.9. The maximum Gasteiger partial charge on any atom is 0.295 e. The molecule has 10 heteroatoms. The molecule has 2 aromatic rings. The van der Waals surface area contributed by atoms with Crippen molar-refractivity contribution in [1.82, 2.24) is 4.90 Å². The number of Topliss-reactive ketones (excluding diaryl/α,β-unsaturated/α-hetero) is 1. The van der Waals surface area contributed by atoms with E-state index in [0.29, 0.717) is 5.56 Å². The van der Waals surface area contributed by atoms with Crippen molar-refractivity contribution in [2.75, 3.05) is 26.4 Å². The van der Waals surface area contributed by atoms with Crippen molar-refractivity contribution in [2.24, 2.45) is 0 Å². The lowest BCUT2D eigenvalue weighted by Gasteiger charge is -2.25.